The van der Waals surface area contributed by atoms with Crippen molar-refractivity contribution in [2.24, 2.45) is 11.8 Å². The number of hydrogen-bond donors (Lipinski definition) is 3. The third-order valence-electron chi connectivity index (χ3n) is 7.18. The van der Waals surface area contributed by atoms with Crippen molar-refractivity contribution in [3.63, 3.8) is 0 Å². The number of aliphatic hydroxyl groups excluding tert-OH is 2. The first-order chi connectivity index (χ1) is 16.4. The van der Waals surface area contributed by atoms with Gasteiger partial charge in [-0.2, -0.15) is 0 Å². The fraction of sp³-hybridized carbons (Fsp3) is 0.615. The third-order valence-corrected chi connectivity index (χ3v) is 7.18. The van der Waals surface area contributed by atoms with E-state index in [0.717, 1.165) is 38.4 Å². The van der Waals surface area contributed by atoms with Crippen molar-refractivity contribution < 1.29 is 24.3 Å². The normalized spacial score (nSPS) is 26.1. The molecular formula is C26H37N3O5. The smallest absolute Gasteiger partial charge is 0.274 e. The zero-order chi connectivity index (χ0) is 24.2. The quantitative estimate of drug-likeness (QED) is 0.570. The Morgan fingerprint density at radius 1 is 1.15 bits per heavy atom. The number of benzene rings is 1. The van der Waals surface area contributed by atoms with Crippen LogP contribution in [0.1, 0.15) is 61.3 Å². The molecule has 2 aliphatic rings. The number of carbonyl (C=O) groups excluding carboxylic acids is 1. The molecule has 3 N–H and O–H groups in total. The fourth-order valence-corrected chi connectivity index (χ4v) is 5.22. The maximum absolute atomic E-state index is 12.8. The van der Waals surface area contributed by atoms with Crippen LogP contribution in [-0.4, -0.2) is 71.2 Å². The van der Waals surface area contributed by atoms with Gasteiger partial charge in [0.05, 0.1) is 31.0 Å². The van der Waals surface area contributed by atoms with Gasteiger partial charge in [0.1, 0.15) is 0 Å². The maximum Gasteiger partial charge on any atom is 0.274 e. The number of amides is 1. The monoisotopic (exact) mass is 471 g/mol. The van der Waals surface area contributed by atoms with Crippen LogP contribution in [0.3, 0.4) is 0 Å². The minimum atomic E-state index is -0.764. The van der Waals surface area contributed by atoms with E-state index in [0.29, 0.717) is 24.3 Å². The predicted molar refractivity (Wildman–Crippen MR) is 128 cm³/mol. The van der Waals surface area contributed by atoms with Crippen molar-refractivity contribution >= 4 is 5.91 Å². The number of nitrogens with zero attached hydrogens (tertiary/aromatic N) is 2. The Morgan fingerprint density at radius 2 is 1.85 bits per heavy atom. The van der Waals surface area contributed by atoms with E-state index in [4.69, 9.17) is 9.26 Å². The second-order valence-electron chi connectivity index (χ2n) is 9.84. The first kappa shape index (κ1) is 24.9. The van der Waals surface area contributed by atoms with E-state index in [-0.39, 0.29) is 35.8 Å². The second kappa shape index (κ2) is 11.0. The van der Waals surface area contributed by atoms with Crippen LogP contribution in [0, 0.1) is 11.8 Å². The molecule has 1 aliphatic carbocycles. The number of nitrogens with one attached hydrogen (secondary N) is 1. The lowest BCUT2D eigenvalue weighted by atomic mass is 9.71. The molecule has 0 spiro atoms. The van der Waals surface area contributed by atoms with Gasteiger partial charge in [0.25, 0.3) is 5.91 Å². The van der Waals surface area contributed by atoms with E-state index in [1.165, 1.54) is 5.56 Å². The van der Waals surface area contributed by atoms with Crippen LogP contribution in [-0.2, 0) is 11.3 Å². The van der Waals surface area contributed by atoms with Gasteiger partial charge in [-0.15, -0.1) is 0 Å². The van der Waals surface area contributed by atoms with Crippen LogP contribution < -0.4 is 5.32 Å². The molecule has 1 aromatic heterocycles. The summed E-state index contributed by atoms with van der Waals surface area (Å²) in [5, 5.41) is 28.3. The van der Waals surface area contributed by atoms with Gasteiger partial charge in [-0.05, 0) is 36.3 Å². The van der Waals surface area contributed by atoms with Crippen LogP contribution in [0.15, 0.2) is 28.8 Å². The van der Waals surface area contributed by atoms with E-state index in [1.54, 1.807) is 0 Å². The molecular weight excluding hydrogens is 434 g/mol. The lowest BCUT2D eigenvalue weighted by Gasteiger charge is -2.38. The first-order valence-corrected chi connectivity index (χ1v) is 12.4. The molecule has 4 atom stereocenters. The lowest BCUT2D eigenvalue weighted by Crippen LogP contribution is -2.39. The van der Waals surface area contributed by atoms with Crippen molar-refractivity contribution in [2.45, 2.75) is 58.3 Å². The van der Waals surface area contributed by atoms with E-state index in [1.807, 2.05) is 19.1 Å². The molecule has 186 valence electrons. The molecule has 4 rings (SSSR count). The lowest BCUT2D eigenvalue weighted by molar-refractivity contribution is -0.0319. The average Bonchev–Trinajstić information content (AvgIpc) is 3.25. The minimum absolute atomic E-state index is 0.0372. The number of ether oxygens (including phenoxy) is 1. The zero-order valence-corrected chi connectivity index (χ0v) is 20.4. The van der Waals surface area contributed by atoms with Gasteiger partial charge in [0.2, 0.25) is 0 Å². The second-order valence-corrected chi connectivity index (χ2v) is 9.84. The number of hydrogen-bond acceptors (Lipinski definition) is 7. The number of aromatic nitrogens is 1. The molecule has 1 aromatic carbocycles. The summed E-state index contributed by atoms with van der Waals surface area (Å²) in [6.45, 7) is 10.7. The van der Waals surface area contributed by atoms with Crippen LogP contribution in [0.2, 0.25) is 0 Å². The van der Waals surface area contributed by atoms with E-state index in [9.17, 15) is 15.0 Å². The molecule has 8 nitrogen and oxygen atoms in total. The maximum atomic E-state index is 12.8. The standard InChI is InChI=1S/C26H37N3O5/c1-4-27-26(32)24-23(18-7-5-17(6-8-18)15-29-9-11-33-12-10-29)25(34-28-24)20-13-19(16(2)3)21(30)14-22(20)31/h5-8,16,19-22,30-31H,4,9-15H2,1-3H3,(H,27,32). The number of rotatable bonds is 7. The van der Waals surface area contributed by atoms with Gasteiger partial charge in [0.15, 0.2) is 11.5 Å². The Hall–Kier alpha value is -2.26. The fourth-order valence-electron chi connectivity index (χ4n) is 5.22. The average molecular weight is 472 g/mol. The van der Waals surface area contributed by atoms with Crippen molar-refractivity contribution in [1.82, 2.24) is 15.4 Å². The van der Waals surface area contributed by atoms with Crippen molar-refractivity contribution in [1.29, 1.82) is 0 Å². The van der Waals surface area contributed by atoms with E-state index in [2.05, 4.69) is 41.4 Å². The molecule has 0 bridgehead atoms. The third kappa shape index (κ3) is 5.35. The van der Waals surface area contributed by atoms with Crippen molar-refractivity contribution in [3.05, 3.63) is 41.3 Å². The molecule has 1 aliphatic heterocycles. The minimum Gasteiger partial charge on any atom is -0.393 e. The Balaban J connectivity index is 1.66. The summed E-state index contributed by atoms with van der Waals surface area (Å²) in [4.78, 5) is 15.2. The van der Waals surface area contributed by atoms with Gasteiger partial charge >= 0.3 is 0 Å². The molecule has 8 heteroatoms. The van der Waals surface area contributed by atoms with Gasteiger partial charge in [-0.3, -0.25) is 9.69 Å². The molecule has 34 heavy (non-hydrogen) atoms. The van der Waals surface area contributed by atoms with Crippen LogP contribution in [0.4, 0.5) is 0 Å². The number of morpholine rings is 1. The highest BCUT2D eigenvalue weighted by atomic mass is 16.5. The van der Waals surface area contributed by atoms with Gasteiger partial charge in [-0.25, -0.2) is 0 Å². The van der Waals surface area contributed by atoms with Crippen molar-refractivity contribution in [3.8, 4) is 11.1 Å². The van der Waals surface area contributed by atoms with Crippen molar-refractivity contribution in [2.75, 3.05) is 32.8 Å². The molecule has 2 heterocycles. The zero-order valence-electron chi connectivity index (χ0n) is 20.4. The van der Waals surface area contributed by atoms with Gasteiger partial charge in [0, 0.05) is 38.5 Å². The molecule has 2 fully saturated rings. The summed E-state index contributed by atoms with van der Waals surface area (Å²) < 4.78 is 11.2. The number of carbonyl (C=O) groups is 1. The molecule has 1 saturated carbocycles. The Labute approximate surface area is 201 Å². The summed E-state index contributed by atoms with van der Waals surface area (Å²) in [6, 6.07) is 8.14. The molecule has 1 saturated heterocycles. The molecule has 2 aromatic rings. The topological polar surface area (TPSA) is 108 Å². The highest BCUT2D eigenvalue weighted by molar-refractivity contribution is 5.99. The van der Waals surface area contributed by atoms with Crippen LogP contribution >= 0.6 is 0 Å². The molecule has 0 radical (unpaired) electrons. The van der Waals surface area contributed by atoms with E-state index < -0.39 is 12.2 Å². The molecule has 4 unspecified atom stereocenters. The van der Waals surface area contributed by atoms with E-state index >= 15 is 0 Å². The summed E-state index contributed by atoms with van der Waals surface area (Å²) in [5.41, 5.74) is 2.88. The Bertz CT molecular complexity index is 952. The Kier molecular flexibility index (Phi) is 8.03. The highest BCUT2D eigenvalue weighted by Gasteiger charge is 2.41. The summed E-state index contributed by atoms with van der Waals surface area (Å²) in [5.74, 6) is 0.186. The first-order valence-electron chi connectivity index (χ1n) is 12.4. The number of aliphatic hydroxyl groups is 2. The van der Waals surface area contributed by atoms with Crippen LogP contribution in [0.25, 0.3) is 11.1 Å². The highest BCUT2D eigenvalue weighted by Crippen LogP contribution is 2.44. The summed E-state index contributed by atoms with van der Waals surface area (Å²) >= 11 is 0. The van der Waals surface area contributed by atoms with Gasteiger partial charge < -0.3 is 24.8 Å². The predicted octanol–water partition coefficient (Wildman–Crippen LogP) is 2.79. The van der Waals surface area contributed by atoms with Crippen LogP contribution in [0.5, 0.6) is 0 Å². The summed E-state index contributed by atoms with van der Waals surface area (Å²) in [6.07, 6.45) is -0.464. The SMILES string of the molecule is CCNC(=O)c1noc(C2CC(C(C)C)C(O)CC2O)c1-c1ccc(CN2CCOCC2)cc1. The Morgan fingerprint density at radius 3 is 2.50 bits per heavy atom. The molecule has 1 amide bonds. The van der Waals surface area contributed by atoms with Gasteiger partial charge in [-0.1, -0.05) is 43.3 Å². The summed E-state index contributed by atoms with van der Waals surface area (Å²) in [7, 11) is 0. The largest absolute Gasteiger partial charge is 0.393 e.